The molecule has 0 amide bonds. The Hall–Kier alpha value is -1.77. The van der Waals surface area contributed by atoms with E-state index in [0.717, 1.165) is 54.9 Å². The van der Waals surface area contributed by atoms with E-state index in [0.29, 0.717) is 12.6 Å². The number of fused-ring (bicyclic) bond motifs is 1. The molecule has 4 rings (SSSR count). The molecule has 3 aliphatic rings. The van der Waals surface area contributed by atoms with E-state index in [1.54, 1.807) is 0 Å². The molecule has 0 aliphatic carbocycles. The van der Waals surface area contributed by atoms with Gasteiger partial charge in [0.1, 0.15) is 18.5 Å². The van der Waals surface area contributed by atoms with Gasteiger partial charge in [-0.1, -0.05) is 11.6 Å². The number of morpholine rings is 1. The van der Waals surface area contributed by atoms with Crippen LogP contribution in [0.15, 0.2) is 36.6 Å². The SMILES string of the molecule is CC(C)NC1C=CN(C2C=C(Cl)c3ccc(OCCN4CCOCC4)cc3N2)N1. The van der Waals surface area contributed by atoms with Crippen LogP contribution in [0.1, 0.15) is 19.4 Å². The maximum absolute atomic E-state index is 6.57. The Morgan fingerprint density at radius 2 is 2.14 bits per heavy atom. The number of benzene rings is 1. The number of nitrogens with zero attached hydrogens (tertiary/aromatic N) is 2. The number of anilines is 1. The molecule has 158 valence electrons. The van der Waals surface area contributed by atoms with Gasteiger partial charge in [0.05, 0.1) is 19.4 Å². The molecule has 0 bridgehead atoms. The molecule has 1 aromatic rings. The lowest BCUT2D eigenvalue weighted by Crippen LogP contribution is -2.51. The van der Waals surface area contributed by atoms with E-state index in [2.05, 4.69) is 40.9 Å². The Labute approximate surface area is 177 Å². The molecule has 29 heavy (non-hydrogen) atoms. The summed E-state index contributed by atoms with van der Waals surface area (Å²) in [6.07, 6.45) is 6.18. The molecule has 1 saturated heterocycles. The molecule has 3 N–H and O–H groups in total. The van der Waals surface area contributed by atoms with E-state index in [-0.39, 0.29) is 12.3 Å². The van der Waals surface area contributed by atoms with Crippen LogP contribution in [0.25, 0.3) is 5.03 Å². The van der Waals surface area contributed by atoms with Gasteiger partial charge in [0.25, 0.3) is 0 Å². The van der Waals surface area contributed by atoms with Crippen molar-refractivity contribution >= 4 is 22.3 Å². The van der Waals surface area contributed by atoms with Gasteiger partial charge in [-0.15, -0.1) is 0 Å². The Bertz CT molecular complexity index is 763. The van der Waals surface area contributed by atoms with Gasteiger partial charge in [0.15, 0.2) is 0 Å². The normalized spacial score (nSPS) is 24.4. The van der Waals surface area contributed by atoms with Crippen LogP contribution in [0.2, 0.25) is 0 Å². The van der Waals surface area contributed by atoms with Crippen molar-refractivity contribution in [2.75, 3.05) is 44.8 Å². The lowest BCUT2D eigenvalue weighted by Gasteiger charge is -2.33. The first-order valence-corrected chi connectivity index (χ1v) is 10.7. The first-order chi connectivity index (χ1) is 14.1. The van der Waals surface area contributed by atoms with E-state index in [1.165, 1.54) is 0 Å². The summed E-state index contributed by atoms with van der Waals surface area (Å²) in [5, 5.41) is 9.75. The molecule has 3 heterocycles. The van der Waals surface area contributed by atoms with Crippen molar-refractivity contribution in [3.63, 3.8) is 0 Å². The zero-order chi connectivity index (χ0) is 20.2. The molecular weight excluding hydrogens is 390 g/mol. The third-order valence-corrected chi connectivity index (χ3v) is 5.51. The Balaban J connectivity index is 1.35. The highest BCUT2D eigenvalue weighted by Crippen LogP contribution is 2.35. The molecule has 0 spiro atoms. The second-order valence-electron chi connectivity index (χ2n) is 7.79. The largest absolute Gasteiger partial charge is 0.492 e. The average Bonchev–Trinajstić information content (AvgIpc) is 3.16. The second kappa shape index (κ2) is 9.36. The number of ether oxygens (including phenoxy) is 2. The summed E-state index contributed by atoms with van der Waals surface area (Å²) in [5.74, 6) is 0.846. The maximum Gasteiger partial charge on any atom is 0.134 e. The first-order valence-electron chi connectivity index (χ1n) is 10.3. The van der Waals surface area contributed by atoms with Crippen molar-refractivity contribution in [3.05, 3.63) is 42.1 Å². The molecule has 8 heteroatoms. The highest BCUT2D eigenvalue weighted by molar-refractivity contribution is 6.49. The van der Waals surface area contributed by atoms with Crippen LogP contribution in [-0.2, 0) is 4.74 Å². The second-order valence-corrected chi connectivity index (χ2v) is 8.20. The highest BCUT2D eigenvalue weighted by atomic mass is 35.5. The topological polar surface area (TPSA) is 61.0 Å². The molecule has 0 saturated carbocycles. The van der Waals surface area contributed by atoms with Crippen LogP contribution >= 0.6 is 11.6 Å². The number of hydrogen-bond acceptors (Lipinski definition) is 7. The number of nitrogens with one attached hydrogen (secondary N) is 3. The van der Waals surface area contributed by atoms with Crippen LogP contribution in [0.5, 0.6) is 5.75 Å². The van der Waals surface area contributed by atoms with Crippen LogP contribution in [0, 0.1) is 0 Å². The molecule has 7 nitrogen and oxygen atoms in total. The Kier molecular flexibility index (Phi) is 6.62. The van der Waals surface area contributed by atoms with Crippen molar-refractivity contribution < 1.29 is 9.47 Å². The fourth-order valence-corrected chi connectivity index (χ4v) is 3.97. The summed E-state index contributed by atoms with van der Waals surface area (Å²) in [5.41, 5.74) is 5.39. The average molecular weight is 420 g/mol. The summed E-state index contributed by atoms with van der Waals surface area (Å²) >= 11 is 6.57. The van der Waals surface area contributed by atoms with Crippen molar-refractivity contribution in [3.8, 4) is 5.75 Å². The number of halogens is 1. The lowest BCUT2D eigenvalue weighted by atomic mass is 10.1. The molecular formula is C21H30ClN5O2. The number of hydrazine groups is 1. The highest BCUT2D eigenvalue weighted by Gasteiger charge is 2.26. The summed E-state index contributed by atoms with van der Waals surface area (Å²) in [6.45, 7) is 9.38. The number of rotatable bonds is 7. The smallest absolute Gasteiger partial charge is 0.134 e. The summed E-state index contributed by atoms with van der Waals surface area (Å²) in [6, 6.07) is 6.42. The molecule has 0 aromatic heterocycles. The fourth-order valence-electron chi connectivity index (χ4n) is 3.69. The van der Waals surface area contributed by atoms with E-state index in [9.17, 15) is 0 Å². The van der Waals surface area contributed by atoms with E-state index in [4.69, 9.17) is 21.1 Å². The van der Waals surface area contributed by atoms with Gasteiger partial charge in [-0.2, -0.15) is 0 Å². The fraction of sp³-hybridized carbons (Fsp3) is 0.524. The Morgan fingerprint density at radius 3 is 2.93 bits per heavy atom. The van der Waals surface area contributed by atoms with Crippen LogP contribution in [0.4, 0.5) is 5.69 Å². The standard InChI is InChI=1S/C21H30ClN5O2/c1-15(2)23-20-5-6-27(25-20)21-14-18(22)17-4-3-16(13-19(17)24-21)29-12-9-26-7-10-28-11-8-26/h3-6,13-15,20-21,23-25H,7-12H2,1-2H3. The minimum atomic E-state index is -0.0752. The first kappa shape index (κ1) is 20.5. The predicted molar refractivity (Wildman–Crippen MR) is 117 cm³/mol. The van der Waals surface area contributed by atoms with Gasteiger partial charge < -0.3 is 14.8 Å². The van der Waals surface area contributed by atoms with Gasteiger partial charge in [0.2, 0.25) is 0 Å². The van der Waals surface area contributed by atoms with E-state index >= 15 is 0 Å². The number of hydrogen-bond donors (Lipinski definition) is 3. The third kappa shape index (κ3) is 5.24. The van der Waals surface area contributed by atoms with Crippen LogP contribution < -0.4 is 20.8 Å². The molecule has 0 radical (unpaired) electrons. The summed E-state index contributed by atoms with van der Waals surface area (Å²) in [7, 11) is 0. The van der Waals surface area contributed by atoms with Crippen LogP contribution in [-0.4, -0.2) is 67.7 Å². The minimum Gasteiger partial charge on any atom is -0.492 e. The van der Waals surface area contributed by atoms with Gasteiger partial charge in [-0.05, 0) is 38.1 Å². The molecule has 3 aliphatic heterocycles. The van der Waals surface area contributed by atoms with E-state index in [1.807, 2.05) is 35.5 Å². The molecule has 2 atom stereocenters. The maximum atomic E-state index is 6.57. The molecule has 2 unspecified atom stereocenters. The minimum absolute atomic E-state index is 0.0752. The quantitative estimate of drug-likeness (QED) is 0.627. The van der Waals surface area contributed by atoms with E-state index < -0.39 is 0 Å². The van der Waals surface area contributed by atoms with Crippen molar-refractivity contribution in [2.24, 2.45) is 0 Å². The predicted octanol–water partition coefficient (Wildman–Crippen LogP) is 2.39. The summed E-state index contributed by atoms with van der Waals surface area (Å²) < 4.78 is 11.4. The van der Waals surface area contributed by atoms with Gasteiger partial charge in [0, 0.05) is 54.2 Å². The molecule has 1 aromatic carbocycles. The summed E-state index contributed by atoms with van der Waals surface area (Å²) in [4.78, 5) is 2.36. The van der Waals surface area contributed by atoms with Gasteiger partial charge in [-0.3, -0.25) is 15.2 Å². The van der Waals surface area contributed by atoms with Crippen LogP contribution in [0.3, 0.4) is 0 Å². The van der Waals surface area contributed by atoms with Gasteiger partial charge >= 0.3 is 0 Å². The zero-order valence-electron chi connectivity index (χ0n) is 17.0. The lowest BCUT2D eigenvalue weighted by molar-refractivity contribution is 0.0322. The van der Waals surface area contributed by atoms with Gasteiger partial charge in [-0.25, -0.2) is 5.43 Å². The van der Waals surface area contributed by atoms with Crippen molar-refractivity contribution in [1.82, 2.24) is 20.7 Å². The third-order valence-electron chi connectivity index (χ3n) is 5.18. The Morgan fingerprint density at radius 1 is 1.31 bits per heavy atom. The van der Waals surface area contributed by atoms with Crippen molar-refractivity contribution in [1.29, 1.82) is 0 Å². The zero-order valence-corrected chi connectivity index (χ0v) is 17.8. The molecule has 1 fully saturated rings. The van der Waals surface area contributed by atoms with Crippen molar-refractivity contribution in [2.45, 2.75) is 32.2 Å². The monoisotopic (exact) mass is 419 g/mol.